The van der Waals surface area contributed by atoms with Crippen LogP contribution in [0.25, 0.3) is 0 Å². The van der Waals surface area contributed by atoms with E-state index in [0.717, 1.165) is 6.54 Å². The topological polar surface area (TPSA) is 29.3 Å². The maximum absolute atomic E-state index is 5.76. The molecule has 0 unspecified atom stereocenters. The van der Waals surface area contributed by atoms with E-state index >= 15 is 0 Å². The number of nitrogens with zero attached hydrogens (tertiary/aromatic N) is 1. The summed E-state index contributed by atoms with van der Waals surface area (Å²) in [5, 5.41) is 0. The van der Waals surface area contributed by atoms with Gasteiger partial charge in [0.2, 0.25) is 0 Å². The molecular weight excluding hydrogens is 460 g/mol. The standard InChI is InChI=1S/C36H76N2/c1-3-5-7-9-11-13-15-17-19-21-23-25-27-30-34-38(36-32-29-33-37)35-31-28-26-24-22-20-18-16-14-12-10-8-6-4-2/h3-37H2,1-2H3. The highest BCUT2D eigenvalue weighted by molar-refractivity contribution is 4.61. The summed E-state index contributed by atoms with van der Waals surface area (Å²) >= 11 is 0. The van der Waals surface area contributed by atoms with E-state index in [1.807, 2.05) is 0 Å². The van der Waals surface area contributed by atoms with Crippen LogP contribution in [0.2, 0.25) is 0 Å². The lowest BCUT2D eigenvalue weighted by atomic mass is 10.0. The van der Waals surface area contributed by atoms with Crippen molar-refractivity contribution in [2.75, 3.05) is 26.2 Å². The molecular formula is C36H76N2. The second-order valence-corrected chi connectivity index (χ2v) is 12.5. The molecule has 0 fully saturated rings. The van der Waals surface area contributed by atoms with Gasteiger partial charge in [0.05, 0.1) is 0 Å². The maximum Gasteiger partial charge on any atom is -0.00183 e. The van der Waals surface area contributed by atoms with Crippen molar-refractivity contribution in [1.82, 2.24) is 4.90 Å². The van der Waals surface area contributed by atoms with Crippen LogP contribution in [0.15, 0.2) is 0 Å². The summed E-state index contributed by atoms with van der Waals surface area (Å²) in [6, 6.07) is 0. The molecule has 0 aromatic heterocycles. The number of unbranched alkanes of at least 4 members (excludes halogenated alkanes) is 27. The normalized spacial score (nSPS) is 11.7. The van der Waals surface area contributed by atoms with Gasteiger partial charge < -0.3 is 10.6 Å². The number of nitrogens with two attached hydrogens (primary N) is 1. The number of hydrogen-bond acceptors (Lipinski definition) is 2. The Labute approximate surface area is 243 Å². The Morgan fingerprint density at radius 2 is 0.500 bits per heavy atom. The molecule has 2 nitrogen and oxygen atoms in total. The van der Waals surface area contributed by atoms with Gasteiger partial charge in [0.1, 0.15) is 0 Å². The highest BCUT2D eigenvalue weighted by atomic mass is 15.1. The fourth-order valence-corrected chi connectivity index (χ4v) is 5.88. The molecule has 0 radical (unpaired) electrons. The summed E-state index contributed by atoms with van der Waals surface area (Å²) in [7, 11) is 0. The van der Waals surface area contributed by atoms with E-state index in [-0.39, 0.29) is 0 Å². The second-order valence-electron chi connectivity index (χ2n) is 12.5. The third-order valence-electron chi connectivity index (χ3n) is 8.58. The summed E-state index contributed by atoms with van der Waals surface area (Å²) in [4.78, 5) is 2.76. The molecule has 2 heteroatoms. The van der Waals surface area contributed by atoms with Gasteiger partial charge in [0, 0.05) is 0 Å². The Bertz CT molecular complexity index is 365. The third kappa shape index (κ3) is 32.1. The average molecular weight is 537 g/mol. The molecule has 0 heterocycles. The zero-order valence-corrected chi connectivity index (χ0v) is 27.1. The fraction of sp³-hybridized carbons (Fsp3) is 1.00. The Kier molecular flexibility index (Phi) is 34.9. The summed E-state index contributed by atoms with van der Waals surface area (Å²) in [5.74, 6) is 0. The molecule has 0 aromatic rings. The lowest BCUT2D eigenvalue weighted by molar-refractivity contribution is 0.255. The second kappa shape index (κ2) is 34.9. The van der Waals surface area contributed by atoms with Gasteiger partial charge in [0.25, 0.3) is 0 Å². The molecule has 0 bridgehead atoms. The molecule has 0 rings (SSSR count). The van der Waals surface area contributed by atoms with Crippen molar-refractivity contribution in [3.8, 4) is 0 Å². The molecule has 0 aliphatic heterocycles. The Morgan fingerprint density at radius 1 is 0.289 bits per heavy atom. The molecule has 38 heavy (non-hydrogen) atoms. The largest absolute Gasteiger partial charge is 0.330 e. The maximum atomic E-state index is 5.76. The highest BCUT2D eigenvalue weighted by Gasteiger charge is 2.05. The molecule has 0 aliphatic carbocycles. The predicted molar refractivity (Wildman–Crippen MR) is 175 cm³/mol. The van der Waals surface area contributed by atoms with E-state index in [1.165, 1.54) is 212 Å². The molecule has 0 spiro atoms. The zero-order chi connectivity index (χ0) is 27.6. The van der Waals surface area contributed by atoms with Gasteiger partial charge in [0.15, 0.2) is 0 Å². The van der Waals surface area contributed by atoms with Crippen LogP contribution in [-0.4, -0.2) is 31.1 Å². The van der Waals surface area contributed by atoms with Crippen LogP contribution in [-0.2, 0) is 0 Å². The quantitative estimate of drug-likeness (QED) is 0.0828. The Morgan fingerprint density at radius 3 is 0.737 bits per heavy atom. The first-order chi connectivity index (χ1) is 18.8. The predicted octanol–water partition coefficient (Wildman–Crippen LogP) is 12.0. The summed E-state index contributed by atoms with van der Waals surface area (Å²) < 4.78 is 0. The van der Waals surface area contributed by atoms with Gasteiger partial charge in [-0.2, -0.15) is 0 Å². The van der Waals surface area contributed by atoms with Crippen LogP contribution in [0, 0.1) is 0 Å². The van der Waals surface area contributed by atoms with Crippen LogP contribution in [0.5, 0.6) is 0 Å². The zero-order valence-electron chi connectivity index (χ0n) is 27.1. The van der Waals surface area contributed by atoms with Gasteiger partial charge in [-0.25, -0.2) is 0 Å². The molecule has 0 aromatic carbocycles. The van der Waals surface area contributed by atoms with Crippen molar-refractivity contribution in [1.29, 1.82) is 0 Å². The van der Waals surface area contributed by atoms with E-state index in [9.17, 15) is 0 Å². The molecule has 0 aliphatic rings. The smallest absolute Gasteiger partial charge is 0.00183 e. The van der Waals surface area contributed by atoms with Crippen molar-refractivity contribution < 1.29 is 0 Å². The van der Waals surface area contributed by atoms with E-state index < -0.39 is 0 Å². The SMILES string of the molecule is CCCCCCCCCCCCCCCCN(CCCCN)CCCCCCCCCCCCCCCC. The average Bonchev–Trinajstić information content (AvgIpc) is 2.93. The first-order valence-electron chi connectivity index (χ1n) is 18.3. The molecule has 0 amide bonds. The van der Waals surface area contributed by atoms with Gasteiger partial charge in [-0.1, -0.05) is 181 Å². The highest BCUT2D eigenvalue weighted by Crippen LogP contribution is 2.15. The molecule has 0 saturated heterocycles. The molecule has 2 N–H and O–H groups in total. The van der Waals surface area contributed by atoms with Crippen molar-refractivity contribution in [2.24, 2.45) is 5.73 Å². The first-order valence-corrected chi connectivity index (χ1v) is 18.3. The van der Waals surface area contributed by atoms with Crippen molar-refractivity contribution >= 4 is 0 Å². The Balaban J connectivity index is 3.55. The number of rotatable bonds is 34. The van der Waals surface area contributed by atoms with Crippen molar-refractivity contribution in [3.63, 3.8) is 0 Å². The van der Waals surface area contributed by atoms with Gasteiger partial charge in [-0.15, -0.1) is 0 Å². The summed E-state index contributed by atoms with van der Waals surface area (Å²) in [6.45, 7) is 9.38. The van der Waals surface area contributed by atoms with E-state index in [0.29, 0.717) is 0 Å². The van der Waals surface area contributed by atoms with Crippen LogP contribution < -0.4 is 5.73 Å². The summed E-state index contributed by atoms with van der Waals surface area (Å²) in [5.41, 5.74) is 5.76. The van der Waals surface area contributed by atoms with E-state index in [4.69, 9.17) is 5.73 Å². The summed E-state index contributed by atoms with van der Waals surface area (Å²) in [6.07, 6.45) is 43.1. The third-order valence-corrected chi connectivity index (χ3v) is 8.58. The number of hydrogen-bond donors (Lipinski definition) is 1. The van der Waals surface area contributed by atoms with Gasteiger partial charge >= 0.3 is 0 Å². The minimum absolute atomic E-state index is 0.853. The monoisotopic (exact) mass is 537 g/mol. The van der Waals surface area contributed by atoms with Crippen LogP contribution in [0.4, 0.5) is 0 Å². The van der Waals surface area contributed by atoms with Crippen LogP contribution in [0.1, 0.15) is 206 Å². The molecule has 0 atom stereocenters. The molecule has 0 saturated carbocycles. The van der Waals surface area contributed by atoms with Gasteiger partial charge in [-0.3, -0.25) is 0 Å². The van der Waals surface area contributed by atoms with Crippen molar-refractivity contribution in [2.45, 2.75) is 206 Å². The first kappa shape index (κ1) is 37.9. The van der Waals surface area contributed by atoms with E-state index in [2.05, 4.69) is 18.7 Å². The minimum Gasteiger partial charge on any atom is -0.330 e. The van der Waals surface area contributed by atoms with Crippen LogP contribution >= 0.6 is 0 Å². The van der Waals surface area contributed by atoms with Crippen LogP contribution in [0.3, 0.4) is 0 Å². The lowest BCUT2D eigenvalue weighted by Gasteiger charge is -2.22. The van der Waals surface area contributed by atoms with Crippen molar-refractivity contribution in [3.05, 3.63) is 0 Å². The lowest BCUT2D eigenvalue weighted by Crippen LogP contribution is -2.27. The molecule has 230 valence electrons. The minimum atomic E-state index is 0.853. The van der Waals surface area contributed by atoms with Gasteiger partial charge in [-0.05, 0) is 51.9 Å². The fourth-order valence-electron chi connectivity index (χ4n) is 5.88. The van der Waals surface area contributed by atoms with E-state index in [1.54, 1.807) is 0 Å². The Hall–Kier alpha value is -0.0800.